The summed E-state index contributed by atoms with van der Waals surface area (Å²) < 4.78 is 10.4. The van der Waals surface area contributed by atoms with Gasteiger partial charge in [0, 0.05) is 25.2 Å². The average Bonchev–Trinajstić information content (AvgIpc) is 2.61. The summed E-state index contributed by atoms with van der Waals surface area (Å²) in [4.78, 5) is 32.1. The molecule has 2 aromatic rings. The van der Waals surface area contributed by atoms with E-state index in [0.29, 0.717) is 11.5 Å². The van der Waals surface area contributed by atoms with Crippen molar-refractivity contribution in [1.82, 2.24) is 14.9 Å². The van der Waals surface area contributed by atoms with Crippen molar-refractivity contribution in [2.24, 2.45) is 0 Å². The van der Waals surface area contributed by atoms with Crippen LogP contribution >= 0.6 is 0 Å². The normalized spacial score (nSPS) is 10.1. The van der Waals surface area contributed by atoms with Crippen LogP contribution in [0.1, 0.15) is 26.5 Å². The van der Waals surface area contributed by atoms with Crippen molar-refractivity contribution in [3.05, 3.63) is 47.5 Å². The van der Waals surface area contributed by atoms with Gasteiger partial charge in [-0.1, -0.05) is 0 Å². The van der Waals surface area contributed by atoms with Crippen LogP contribution in [-0.4, -0.2) is 53.1 Å². The molecule has 1 heterocycles. The minimum absolute atomic E-state index is 0.0648. The number of amides is 1. The van der Waals surface area contributed by atoms with Crippen molar-refractivity contribution in [1.29, 1.82) is 0 Å². The summed E-state index contributed by atoms with van der Waals surface area (Å²) in [7, 11) is 4.71. The van der Waals surface area contributed by atoms with Gasteiger partial charge in [0.2, 0.25) is 0 Å². The molecule has 0 spiro atoms. The van der Waals surface area contributed by atoms with E-state index in [9.17, 15) is 9.59 Å². The van der Waals surface area contributed by atoms with Crippen LogP contribution < -0.4 is 9.47 Å². The molecule has 126 valence electrons. The Kier molecular flexibility index (Phi) is 5.31. The summed E-state index contributed by atoms with van der Waals surface area (Å²) >= 11 is 0. The molecule has 0 aliphatic rings. The molecule has 8 heteroatoms. The van der Waals surface area contributed by atoms with Gasteiger partial charge in [-0.3, -0.25) is 4.79 Å². The molecule has 1 amide bonds. The van der Waals surface area contributed by atoms with Crippen molar-refractivity contribution in [3.8, 4) is 11.5 Å². The van der Waals surface area contributed by atoms with E-state index in [1.807, 2.05) is 0 Å². The van der Waals surface area contributed by atoms with Crippen molar-refractivity contribution >= 4 is 11.9 Å². The number of hydrogen-bond donors (Lipinski definition) is 1. The Hall–Kier alpha value is -3.16. The largest absolute Gasteiger partial charge is 0.497 e. The first-order valence-corrected chi connectivity index (χ1v) is 6.98. The van der Waals surface area contributed by atoms with Gasteiger partial charge in [-0.25, -0.2) is 14.8 Å². The first-order chi connectivity index (χ1) is 11.5. The van der Waals surface area contributed by atoms with E-state index in [-0.39, 0.29) is 23.8 Å². The van der Waals surface area contributed by atoms with Gasteiger partial charge in [-0.05, 0) is 12.1 Å². The van der Waals surface area contributed by atoms with Crippen LogP contribution in [0.25, 0.3) is 0 Å². The predicted molar refractivity (Wildman–Crippen MR) is 84.3 cm³/mol. The maximum Gasteiger partial charge on any atom is 0.356 e. The third kappa shape index (κ3) is 3.78. The first kappa shape index (κ1) is 17.2. The lowest BCUT2D eigenvalue weighted by molar-refractivity contribution is 0.0687. The van der Waals surface area contributed by atoms with Crippen molar-refractivity contribution in [3.63, 3.8) is 0 Å². The van der Waals surface area contributed by atoms with Crippen molar-refractivity contribution < 1.29 is 24.2 Å². The van der Waals surface area contributed by atoms with Gasteiger partial charge in [-0.15, -0.1) is 0 Å². The summed E-state index contributed by atoms with van der Waals surface area (Å²) in [5.41, 5.74) is 0.644. The third-order valence-corrected chi connectivity index (χ3v) is 3.34. The second kappa shape index (κ2) is 7.40. The van der Waals surface area contributed by atoms with Crippen LogP contribution in [0.2, 0.25) is 0 Å². The minimum atomic E-state index is -1.20. The fourth-order valence-corrected chi connectivity index (χ4v) is 2.05. The van der Waals surface area contributed by atoms with Crippen LogP contribution in [-0.2, 0) is 6.54 Å². The molecule has 0 atom stereocenters. The highest BCUT2D eigenvalue weighted by Crippen LogP contribution is 2.25. The van der Waals surface area contributed by atoms with Gasteiger partial charge in [-0.2, -0.15) is 0 Å². The molecule has 0 saturated heterocycles. The van der Waals surface area contributed by atoms with Crippen molar-refractivity contribution in [2.75, 3.05) is 21.3 Å². The quantitative estimate of drug-likeness (QED) is 0.855. The lowest BCUT2D eigenvalue weighted by Gasteiger charge is -2.18. The number of methoxy groups -OCH3 is 2. The monoisotopic (exact) mass is 331 g/mol. The number of carbonyl (C=O) groups excluding carboxylic acids is 1. The highest BCUT2D eigenvalue weighted by atomic mass is 16.5. The highest BCUT2D eigenvalue weighted by molar-refractivity contribution is 5.92. The van der Waals surface area contributed by atoms with Gasteiger partial charge in [0.1, 0.15) is 17.2 Å². The minimum Gasteiger partial charge on any atom is -0.497 e. The topological polar surface area (TPSA) is 102 Å². The Morgan fingerprint density at radius 3 is 2.33 bits per heavy atom. The molecule has 1 aromatic carbocycles. The number of nitrogens with zero attached hydrogens (tertiary/aromatic N) is 3. The number of hydrogen-bond acceptors (Lipinski definition) is 6. The number of aromatic carboxylic acids is 1. The van der Waals surface area contributed by atoms with Gasteiger partial charge in [0.25, 0.3) is 5.91 Å². The van der Waals surface area contributed by atoms with E-state index < -0.39 is 5.97 Å². The summed E-state index contributed by atoms with van der Waals surface area (Å²) in [6.07, 6.45) is 2.20. The number of ether oxygens (including phenoxy) is 2. The molecular weight excluding hydrogens is 314 g/mol. The highest BCUT2D eigenvalue weighted by Gasteiger charge is 2.17. The fourth-order valence-electron chi connectivity index (χ4n) is 2.05. The van der Waals surface area contributed by atoms with Crippen molar-refractivity contribution in [2.45, 2.75) is 6.54 Å². The van der Waals surface area contributed by atoms with Gasteiger partial charge in [0.05, 0.1) is 26.6 Å². The Labute approximate surface area is 138 Å². The SMILES string of the molecule is COc1ccc(CN(C)C(=O)c2cnc(C(=O)O)cn2)c(OC)c1. The van der Waals surface area contributed by atoms with Crippen LogP contribution in [0.3, 0.4) is 0 Å². The molecule has 2 rings (SSSR count). The molecule has 1 N–H and O–H groups in total. The van der Waals surface area contributed by atoms with Crippen LogP contribution in [0.15, 0.2) is 30.6 Å². The Morgan fingerprint density at radius 2 is 1.79 bits per heavy atom. The second-order valence-corrected chi connectivity index (χ2v) is 4.93. The average molecular weight is 331 g/mol. The first-order valence-electron chi connectivity index (χ1n) is 6.98. The van der Waals surface area contributed by atoms with E-state index in [1.54, 1.807) is 32.4 Å². The van der Waals surface area contributed by atoms with E-state index in [2.05, 4.69) is 9.97 Å². The number of rotatable bonds is 6. The zero-order chi connectivity index (χ0) is 17.7. The molecular formula is C16H17N3O5. The Balaban J connectivity index is 2.15. The maximum atomic E-state index is 12.4. The molecule has 8 nitrogen and oxygen atoms in total. The van der Waals surface area contributed by atoms with E-state index in [4.69, 9.17) is 14.6 Å². The molecule has 0 bridgehead atoms. The number of benzene rings is 1. The smallest absolute Gasteiger partial charge is 0.356 e. The number of carbonyl (C=O) groups is 2. The van der Waals surface area contributed by atoms with Crippen LogP contribution in [0, 0.1) is 0 Å². The molecule has 24 heavy (non-hydrogen) atoms. The summed E-state index contributed by atoms with van der Waals surface area (Å²) in [6.45, 7) is 0.286. The summed E-state index contributed by atoms with van der Waals surface area (Å²) in [6, 6.07) is 5.31. The molecule has 1 aromatic heterocycles. The molecule has 0 radical (unpaired) electrons. The lowest BCUT2D eigenvalue weighted by Crippen LogP contribution is -2.27. The predicted octanol–water partition coefficient (Wildman–Crippen LogP) is 1.46. The van der Waals surface area contributed by atoms with Gasteiger partial charge in [0.15, 0.2) is 5.69 Å². The number of carboxylic acids is 1. The molecule has 0 aliphatic carbocycles. The zero-order valence-electron chi connectivity index (χ0n) is 13.5. The molecule has 0 aliphatic heterocycles. The van der Waals surface area contributed by atoms with Gasteiger partial charge >= 0.3 is 5.97 Å². The Bertz CT molecular complexity index is 746. The maximum absolute atomic E-state index is 12.4. The lowest BCUT2D eigenvalue weighted by atomic mass is 10.1. The number of aromatic nitrogens is 2. The fraction of sp³-hybridized carbons (Fsp3) is 0.250. The zero-order valence-corrected chi connectivity index (χ0v) is 13.5. The number of carboxylic acid groups (broad SMARTS) is 1. The van der Waals surface area contributed by atoms with E-state index in [0.717, 1.165) is 18.0 Å². The molecule has 0 fully saturated rings. The molecule has 0 unspecified atom stereocenters. The van der Waals surface area contributed by atoms with Crippen LogP contribution in [0.5, 0.6) is 11.5 Å². The van der Waals surface area contributed by atoms with Crippen LogP contribution in [0.4, 0.5) is 0 Å². The molecule has 0 saturated carbocycles. The van der Waals surface area contributed by atoms with Gasteiger partial charge < -0.3 is 19.5 Å². The van der Waals surface area contributed by atoms with E-state index >= 15 is 0 Å². The summed E-state index contributed by atoms with van der Waals surface area (Å²) in [5, 5.41) is 8.80. The standard InChI is InChI=1S/C16H17N3O5/c1-19(9-10-4-5-11(23-2)6-14(10)24-3)15(20)12-7-18-13(8-17-12)16(21)22/h4-8H,9H2,1-3H3,(H,21,22). The second-order valence-electron chi connectivity index (χ2n) is 4.93. The third-order valence-electron chi connectivity index (χ3n) is 3.34. The van der Waals surface area contributed by atoms with E-state index in [1.165, 1.54) is 12.0 Å². The Morgan fingerprint density at radius 1 is 1.12 bits per heavy atom. The summed E-state index contributed by atoms with van der Waals surface area (Å²) in [5.74, 6) is -0.323.